The molecule has 2 heterocycles. The second kappa shape index (κ2) is 8.30. The number of hydrogen-bond acceptors (Lipinski definition) is 6. The van der Waals surface area contributed by atoms with Crippen molar-refractivity contribution in [1.29, 1.82) is 0 Å². The predicted molar refractivity (Wildman–Crippen MR) is 106 cm³/mol. The van der Waals surface area contributed by atoms with Crippen LogP contribution in [0.25, 0.3) is 16.6 Å². The number of benzene rings is 1. The lowest BCUT2D eigenvalue weighted by atomic mass is 10.2. The fourth-order valence-electron chi connectivity index (χ4n) is 2.42. The maximum absolute atomic E-state index is 14.1. The van der Waals surface area contributed by atoms with Crippen LogP contribution in [0.3, 0.4) is 0 Å². The Morgan fingerprint density at radius 2 is 2.11 bits per heavy atom. The van der Waals surface area contributed by atoms with Crippen molar-refractivity contribution < 1.29 is 13.7 Å². The molecule has 0 aliphatic heterocycles. The Hall–Kier alpha value is -3.75. The Kier molecular flexibility index (Phi) is 5.64. The molecular weight excluding hydrogens is 363 g/mol. The Labute approximate surface area is 160 Å². The van der Waals surface area contributed by atoms with Crippen LogP contribution in [0, 0.1) is 0 Å². The highest BCUT2D eigenvalue weighted by molar-refractivity contribution is 6.02. The van der Waals surface area contributed by atoms with Gasteiger partial charge in [0, 0.05) is 12.7 Å². The molecule has 0 unspecified atom stereocenters. The molecule has 3 aromatic rings. The molecule has 3 rings (SSSR count). The van der Waals surface area contributed by atoms with Crippen molar-refractivity contribution in [1.82, 2.24) is 20.1 Å². The number of rotatable bonds is 6. The number of allylic oxidation sites excluding steroid dienone is 6. The largest absolute Gasteiger partial charge is 0.359 e. The number of halogens is 1. The molecule has 0 fully saturated rings. The van der Waals surface area contributed by atoms with E-state index in [0.29, 0.717) is 11.6 Å². The van der Waals surface area contributed by atoms with Crippen molar-refractivity contribution in [2.24, 2.45) is 0 Å². The normalized spacial score (nSPS) is 12.7. The summed E-state index contributed by atoms with van der Waals surface area (Å²) in [6.07, 6.45) is 6.17. The van der Waals surface area contributed by atoms with Crippen molar-refractivity contribution in [2.45, 2.75) is 13.8 Å². The van der Waals surface area contributed by atoms with Crippen LogP contribution in [0.5, 0.6) is 0 Å². The summed E-state index contributed by atoms with van der Waals surface area (Å²) in [4.78, 5) is 23.8. The SMILES string of the molecule is C\C=C/C=C(\C(F)=C/C)c1noc(C(=O)Nc2ccc3nc(NC)[nH]c3c2)n1. The molecule has 144 valence electrons. The summed E-state index contributed by atoms with van der Waals surface area (Å²) in [5.74, 6) is -0.785. The zero-order valence-electron chi connectivity index (χ0n) is 15.6. The molecule has 0 saturated carbocycles. The van der Waals surface area contributed by atoms with Gasteiger partial charge in [-0.1, -0.05) is 23.4 Å². The van der Waals surface area contributed by atoms with Crippen molar-refractivity contribution >= 4 is 34.1 Å². The topological polar surface area (TPSA) is 109 Å². The van der Waals surface area contributed by atoms with Gasteiger partial charge in [0.2, 0.25) is 11.8 Å². The molecule has 1 amide bonds. The summed E-state index contributed by atoms with van der Waals surface area (Å²) in [6.45, 7) is 3.35. The minimum atomic E-state index is -0.599. The third kappa shape index (κ3) is 3.98. The number of fused-ring (bicyclic) bond motifs is 1. The van der Waals surface area contributed by atoms with Gasteiger partial charge in [0.05, 0.1) is 16.6 Å². The molecule has 0 aliphatic carbocycles. The number of aromatic amines is 1. The first-order valence-electron chi connectivity index (χ1n) is 8.53. The first-order chi connectivity index (χ1) is 13.5. The van der Waals surface area contributed by atoms with E-state index < -0.39 is 11.7 Å². The highest BCUT2D eigenvalue weighted by Gasteiger charge is 2.19. The highest BCUT2D eigenvalue weighted by Crippen LogP contribution is 2.23. The van der Waals surface area contributed by atoms with E-state index in [1.54, 1.807) is 51.2 Å². The second-order valence-electron chi connectivity index (χ2n) is 5.69. The number of aromatic nitrogens is 4. The molecule has 0 aliphatic rings. The van der Waals surface area contributed by atoms with Crippen LogP contribution < -0.4 is 10.6 Å². The molecule has 0 spiro atoms. The van der Waals surface area contributed by atoms with Gasteiger partial charge < -0.3 is 20.1 Å². The summed E-state index contributed by atoms with van der Waals surface area (Å²) in [5, 5.41) is 9.29. The average Bonchev–Trinajstić information content (AvgIpc) is 3.34. The molecule has 0 saturated heterocycles. The first-order valence-corrected chi connectivity index (χ1v) is 8.53. The molecular formula is C19H19FN6O2. The van der Waals surface area contributed by atoms with Crippen LogP contribution in [-0.4, -0.2) is 33.1 Å². The number of anilines is 2. The van der Waals surface area contributed by atoms with Crippen LogP contribution in [-0.2, 0) is 0 Å². The van der Waals surface area contributed by atoms with Crippen LogP contribution in [0.15, 0.2) is 52.9 Å². The van der Waals surface area contributed by atoms with E-state index in [-0.39, 0.29) is 17.3 Å². The van der Waals surface area contributed by atoms with E-state index in [1.165, 1.54) is 12.2 Å². The fourth-order valence-corrected chi connectivity index (χ4v) is 2.42. The highest BCUT2D eigenvalue weighted by atomic mass is 19.1. The van der Waals surface area contributed by atoms with Gasteiger partial charge >= 0.3 is 11.8 Å². The number of carbonyl (C=O) groups excluding carboxylic acids is 1. The van der Waals surface area contributed by atoms with E-state index in [0.717, 1.165) is 11.0 Å². The molecule has 0 bridgehead atoms. The van der Waals surface area contributed by atoms with Gasteiger partial charge in [-0.15, -0.1) is 0 Å². The third-order valence-corrected chi connectivity index (χ3v) is 3.80. The van der Waals surface area contributed by atoms with Gasteiger partial charge in [-0.2, -0.15) is 4.98 Å². The van der Waals surface area contributed by atoms with Gasteiger partial charge in [-0.05, 0) is 38.1 Å². The molecule has 3 N–H and O–H groups in total. The Balaban J connectivity index is 1.82. The van der Waals surface area contributed by atoms with E-state index in [2.05, 4.69) is 30.7 Å². The van der Waals surface area contributed by atoms with Crippen LogP contribution in [0.1, 0.15) is 30.4 Å². The van der Waals surface area contributed by atoms with Gasteiger partial charge in [-0.3, -0.25) is 4.79 Å². The number of nitrogens with zero attached hydrogens (tertiary/aromatic N) is 3. The number of H-pyrrole nitrogens is 1. The van der Waals surface area contributed by atoms with Crippen molar-refractivity contribution in [3.8, 4) is 0 Å². The fraction of sp³-hybridized carbons (Fsp3) is 0.158. The minimum Gasteiger partial charge on any atom is -0.359 e. The molecule has 0 radical (unpaired) electrons. The van der Waals surface area contributed by atoms with Gasteiger partial charge in [0.15, 0.2) is 0 Å². The van der Waals surface area contributed by atoms with Crippen LogP contribution in [0.2, 0.25) is 0 Å². The Morgan fingerprint density at radius 1 is 1.29 bits per heavy atom. The Bertz CT molecular complexity index is 1090. The lowest BCUT2D eigenvalue weighted by Gasteiger charge is -2.01. The summed E-state index contributed by atoms with van der Waals surface area (Å²) in [5.41, 5.74) is 2.15. The van der Waals surface area contributed by atoms with Crippen LogP contribution >= 0.6 is 0 Å². The molecule has 2 aromatic heterocycles. The van der Waals surface area contributed by atoms with Crippen molar-refractivity contribution in [3.05, 3.63) is 60.0 Å². The van der Waals surface area contributed by atoms with Gasteiger partial charge in [-0.25, -0.2) is 9.37 Å². The Morgan fingerprint density at radius 3 is 2.82 bits per heavy atom. The van der Waals surface area contributed by atoms with E-state index >= 15 is 0 Å². The number of imidazole rings is 1. The quantitative estimate of drug-likeness (QED) is 0.555. The summed E-state index contributed by atoms with van der Waals surface area (Å²) >= 11 is 0. The molecule has 0 atom stereocenters. The summed E-state index contributed by atoms with van der Waals surface area (Å²) in [6, 6.07) is 5.20. The molecule has 9 heteroatoms. The average molecular weight is 382 g/mol. The second-order valence-corrected chi connectivity index (χ2v) is 5.69. The molecule has 28 heavy (non-hydrogen) atoms. The molecule has 1 aromatic carbocycles. The maximum Gasteiger partial charge on any atom is 0.316 e. The molecule has 8 nitrogen and oxygen atoms in total. The first kappa shape index (κ1) is 19.0. The predicted octanol–water partition coefficient (Wildman–Crippen LogP) is 4.07. The number of carbonyl (C=O) groups is 1. The maximum atomic E-state index is 14.1. The van der Waals surface area contributed by atoms with Crippen LogP contribution in [0.4, 0.5) is 16.0 Å². The monoisotopic (exact) mass is 382 g/mol. The lowest BCUT2D eigenvalue weighted by Crippen LogP contribution is -2.12. The lowest BCUT2D eigenvalue weighted by molar-refractivity contribution is 0.0981. The van der Waals surface area contributed by atoms with Gasteiger partial charge in [0.25, 0.3) is 0 Å². The summed E-state index contributed by atoms with van der Waals surface area (Å²) < 4.78 is 19.1. The number of nitrogens with one attached hydrogen (secondary N) is 3. The van der Waals surface area contributed by atoms with E-state index in [1.807, 2.05) is 0 Å². The smallest absolute Gasteiger partial charge is 0.316 e. The van der Waals surface area contributed by atoms with Crippen molar-refractivity contribution in [3.63, 3.8) is 0 Å². The van der Waals surface area contributed by atoms with Crippen molar-refractivity contribution in [2.75, 3.05) is 17.7 Å². The third-order valence-electron chi connectivity index (χ3n) is 3.80. The van der Waals surface area contributed by atoms with E-state index in [4.69, 9.17) is 4.52 Å². The minimum absolute atomic E-state index is 0.0125. The zero-order chi connectivity index (χ0) is 20.1. The van der Waals surface area contributed by atoms with E-state index in [9.17, 15) is 9.18 Å². The van der Waals surface area contributed by atoms with Gasteiger partial charge in [0.1, 0.15) is 5.83 Å². The standard InChI is InChI=1S/C19H19FN6O2/c1-4-6-7-12(13(20)5-2)16-25-18(28-26-16)17(27)22-11-8-9-14-15(10-11)24-19(21-3)23-14/h4-10H,1-3H3,(H,22,27)(H2,21,23,24)/b6-4-,12-7+,13-5+. The number of hydrogen-bond donors (Lipinski definition) is 3. The zero-order valence-corrected chi connectivity index (χ0v) is 15.6. The summed E-state index contributed by atoms with van der Waals surface area (Å²) in [7, 11) is 1.75. The number of amides is 1.